The topological polar surface area (TPSA) is 60.9 Å². The van der Waals surface area contributed by atoms with Gasteiger partial charge in [0.25, 0.3) is 5.91 Å². The van der Waals surface area contributed by atoms with Crippen LogP contribution >= 0.6 is 0 Å². The van der Waals surface area contributed by atoms with Crippen molar-refractivity contribution in [2.75, 3.05) is 0 Å². The number of hydrogen-bond acceptors (Lipinski definition) is 2. The number of amides is 1. The lowest BCUT2D eigenvalue weighted by Gasteiger charge is -2.08. The number of nitrogens with zero attached hydrogens (tertiary/aromatic N) is 2. The Morgan fingerprint density at radius 3 is 2.35 bits per heavy atom. The Bertz CT molecular complexity index is 866. The molecule has 0 bridgehead atoms. The van der Waals surface area contributed by atoms with Gasteiger partial charge in [-0.3, -0.25) is 9.48 Å². The van der Waals surface area contributed by atoms with Gasteiger partial charge < -0.3 is 5.73 Å². The molecule has 1 amide bonds. The van der Waals surface area contributed by atoms with Gasteiger partial charge in [0.05, 0.1) is 17.6 Å². The van der Waals surface area contributed by atoms with Crippen LogP contribution < -0.4 is 5.73 Å². The van der Waals surface area contributed by atoms with Crippen molar-refractivity contribution in [2.45, 2.75) is 12.7 Å². The van der Waals surface area contributed by atoms with Crippen LogP contribution in [-0.2, 0) is 12.7 Å². The maximum Gasteiger partial charge on any atom is 0.416 e. The van der Waals surface area contributed by atoms with E-state index in [1.165, 1.54) is 12.1 Å². The van der Waals surface area contributed by atoms with Gasteiger partial charge in [-0.15, -0.1) is 0 Å². The first kappa shape index (κ1) is 15.1. The quantitative estimate of drug-likeness (QED) is 0.806. The molecule has 0 saturated heterocycles. The van der Waals surface area contributed by atoms with E-state index >= 15 is 0 Å². The van der Waals surface area contributed by atoms with Crippen LogP contribution in [-0.4, -0.2) is 15.7 Å². The molecule has 3 rings (SSSR count). The van der Waals surface area contributed by atoms with Crippen molar-refractivity contribution in [2.24, 2.45) is 5.73 Å². The second kappa shape index (κ2) is 5.42. The van der Waals surface area contributed by atoms with Crippen molar-refractivity contribution in [1.29, 1.82) is 0 Å². The van der Waals surface area contributed by atoms with Crippen molar-refractivity contribution in [3.63, 3.8) is 0 Å². The molecule has 0 aliphatic carbocycles. The number of hydrogen-bond donors (Lipinski definition) is 1. The third-order valence-electron chi connectivity index (χ3n) is 3.50. The van der Waals surface area contributed by atoms with Crippen LogP contribution in [0.4, 0.5) is 13.2 Å². The van der Waals surface area contributed by atoms with Crippen LogP contribution in [0.1, 0.15) is 21.6 Å². The Kier molecular flexibility index (Phi) is 3.55. The number of nitrogens with two attached hydrogens (primary N) is 1. The fourth-order valence-corrected chi connectivity index (χ4v) is 2.40. The highest BCUT2D eigenvalue weighted by atomic mass is 19.4. The molecule has 0 unspecified atom stereocenters. The van der Waals surface area contributed by atoms with E-state index in [0.29, 0.717) is 16.5 Å². The Morgan fingerprint density at radius 2 is 1.74 bits per heavy atom. The monoisotopic (exact) mass is 319 g/mol. The zero-order valence-electron chi connectivity index (χ0n) is 11.8. The smallest absolute Gasteiger partial charge is 0.364 e. The van der Waals surface area contributed by atoms with Crippen molar-refractivity contribution in [3.05, 3.63) is 65.4 Å². The van der Waals surface area contributed by atoms with Gasteiger partial charge in [-0.05, 0) is 23.8 Å². The predicted octanol–water partition coefficient (Wildman–Crippen LogP) is 3.20. The van der Waals surface area contributed by atoms with Crippen LogP contribution in [0.5, 0.6) is 0 Å². The molecule has 7 heteroatoms. The normalized spacial score (nSPS) is 11.8. The lowest BCUT2D eigenvalue weighted by Crippen LogP contribution is -2.13. The molecule has 0 fully saturated rings. The van der Waals surface area contributed by atoms with Gasteiger partial charge in [0.1, 0.15) is 0 Å². The number of carbonyl (C=O) groups excluding carboxylic acids is 1. The first-order chi connectivity index (χ1) is 10.9. The maximum absolute atomic E-state index is 12.6. The maximum atomic E-state index is 12.6. The minimum absolute atomic E-state index is 0.146. The SMILES string of the molecule is NC(=O)c1nn(Cc2ccc(C(F)(F)F)cc2)c2ccccc12. The van der Waals surface area contributed by atoms with Gasteiger partial charge in [-0.25, -0.2) is 0 Å². The summed E-state index contributed by atoms with van der Waals surface area (Å²) in [5.74, 6) is -0.646. The van der Waals surface area contributed by atoms with E-state index in [1.807, 2.05) is 0 Å². The Morgan fingerprint density at radius 1 is 1.09 bits per heavy atom. The van der Waals surface area contributed by atoms with Crippen molar-refractivity contribution >= 4 is 16.8 Å². The van der Waals surface area contributed by atoms with Crippen molar-refractivity contribution in [1.82, 2.24) is 9.78 Å². The second-order valence-electron chi connectivity index (χ2n) is 5.08. The number of alkyl halides is 3. The third kappa shape index (κ3) is 2.90. The number of benzene rings is 2. The van der Waals surface area contributed by atoms with Gasteiger partial charge in [0.15, 0.2) is 5.69 Å². The lowest BCUT2D eigenvalue weighted by atomic mass is 10.1. The first-order valence-corrected chi connectivity index (χ1v) is 6.78. The van der Waals surface area contributed by atoms with E-state index in [-0.39, 0.29) is 12.2 Å². The summed E-state index contributed by atoms with van der Waals surface area (Å²) in [7, 11) is 0. The fourth-order valence-electron chi connectivity index (χ4n) is 2.40. The molecule has 23 heavy (non-hydrogen) atoms. The molecule has 1 aromatic heterocycles. The highest BCUT2D eigenvalue weighted by Crippen LogP contribution is 2.29. The summed E-state index contributed by atoms with van der Waals surface area (Å²) in [6.07, 6.45) is -4.37. The van der Waals surface area contributed by atoms with Crippen LogP contribution in [0.2, 0.25) is 0 Å². The molecule has 0 radical (unpaired) electrons. The standard InChI is InChI=1S/C16H12F3N3O/c17-16(18,19)11-7-5-10(6-8-11)9-22-13-4-2-1-3-12(13)14(21-22)15(20)23/h1-8H,9H2,(H2,20,23). The molecular formula is C16H12F3N3O. The molecular weight excluding hydrogens is 307 g/mol. The van der Waals surface area contributed by atoms with Crippen molar-refractivity contribution in [3.8, 4) is 0 Å². The molecule has 0 aliphatic heterocycles. The third-order valence-corrected chi connectivity index (χ3v) is 3.50. The lowest BCUT2D eigenvalue weighted by molar-refractivity contribution is -0.137. The summed E-state index contributed by atoms with van der Waals surface area (Å²) in [5, 5.41) is 4.79. The van der Waals surface area contributed by atoms with Crippen LogP contribution in [0.25, 0.3) is 10.9 Å². The van der Waals surface area contributed by atoms with Crippen LogP contribution in [0, 0.1) is 0 Å². The van der Waals surface area contributed by atoms with Gasteiger partial charge in [-0.1, -0.05) is 30.3 Å². The molecule has 1 heterocycles. The molecule has 3 aromatic rings. The van der Waals surface area contributed by atoms with E-state index in [0.717, 1.165) is 12.1 Å². The molecule has 2 aromatic carbocycles. The predicted molar refractivity (Wildman–Crippen MR) is 78.8 cm³/mol. The summed E-state index contributed by atoms with van der Waals surface area (Å²) in [4.78, 5) is 11.5. The van der Waals surface area contributed by atoms with E-state index in [1.54, 1.807) is 28.9 Å². The molecule has 0 aliphatic rings. The molecule has 0 spiro atoms. The summed E-state index contributed by atoms with van der Waals surface area (Å²) in [6.45, 7) is 0.242. The average Bonchev–Trinajstić information content (AvgIpc) is 2.86. The summed E-state index contributed by atoms with van der Waals surface area (Å²) >= 11 is 0. The summed E-state index contributed by atoms with van der Waals surface area (Å²) in [6, 6.07) is 11.9. The van der Waals surface area contributed by atoms with Crippen LogP contribution in [0.3, 0.4) is 0 Å². The molecule has 2 N–H and O–H groups in total. The highest BCUT2D eigenvalue weighted by Gasteiger charge is 2.29. The Hall–Kier alpha value is -2.83. The molecule has 118 valence electrons. The Balaban J connectivity index is 1.97. The van der Waals surface area contributed by atoms with Crippen LogP contribution in [0.15, 0.2) is 48.5 Å². The molecule has 0 atom stereocenters. The van der Waals surface area contributed by atoms with E-state index < -0.39 is 17.6 Å². The number of fused-ring (bicyclic) bond motifs is 1. The van der Waals surface area contributed by atoms with E-state index in [4.69, 9.17) is 5.73 Å². The van der Waals surface area contributed by atoms with Gasteiger partial charge in [0, 0.05) is 5.39 Å². The molecule has 4 nitrogen and oxygen atoms in total. The number of rotatable bonds is 3. The summed E-state index contributed by atoms with van der Waals surface area (Å²) < 4.78 is 39.3. The first-order valence-electron chi connectivity index (χ1n) is 6.78. The minimum Gasteiger partial charge on any atom is -0.364 e. The summed E-state index contributed by atoms with van der Waals surface area (Å²) in [5.41, 5.74) is 6.09. The van der Waals surface area contributed by atoms with Gasteiger partial charge >= 0.3 is 6.18 Å². The Labute approximate surface area is 129 Å². The van der Waals surface area contributed by atoms with Gasteiger partial charge in [0.2, 0.25) is 0 Å². The largest absolute Gasteiger partial charge is 0.416 e. The fraction of sp³-hybridized carbons (Fsp3) is 0.125. The van der Waals surface area contributed by atoms with Gasteiger partial charge in [-0.2, -0.15) is 18.3 Å². The zero-order chi connectivity index (χ0) is 16.6. The van der Waals surface area contributed by atoms with E-state index in [2.05, 4.69) is 5.10 Å². The number of carbonyl (C=O) groups is 1. The van der Waals surface area contributed by atoms with E-state index in [9.17, 15) is 18.0 Å². The average molecular weight is 319 g/mol. The number of primary amides is 1. The number of para-hydroxylation sites is 1. The zero-order valence-corrected chi connectivity index (χ0v) is 11.8. The number of halogens is 3. The molecule has 0 saturated carbocycles. The second-order valence-corrected chi connectivity index (χ2v) is 5.08. The highest BCUT2D eigenvalue weighted by molar-refractivity contribution is 6.04. The van der Waals surface area contributed by atoms with Crippen molar-refractivity contribution < 1.29 is 18.0 Å². The minimum atomic E-state index is -4.37. The number of aromatic nitrogens is 2.